The van der Waals surface area contributed by atoms with Gasteiger partial charge in [0.1, 0.15) is 11.5 Å². The van der Waals surface area contributed by atoms with E-state index >= 15 is 0 Å². The van der Waals surface area contributed by atoms with Crippen molar-refractivity contribution in [2.45, 2.75) is 13.0 Å². The third-order valence-corrected chi connectivity index (χ3v) is 6.91. The van der Waals surface area contributed by atoms with Gasteiger partial charge in [-0.2, -0.15) is 0 Å². The van der Waals surface area contributed by atoms with E-state index in [-0.39, 0.29) is 29.4 Å². The third kappa shape index (κ3) is 5.21. The van der Waals surface area contributed by atoms with Crippen molar-refractivity contribution in [3.63, 3.8) is 0 Å². The molecule has 0 spiro atoms. The van der Waals surface area contributed by atoms with Crippen molar-refractivity contribution in [3.8, 4) is 17.2 Å². The molecule has 2 aromatic carbocycles. The van der Waals surface area contributed by atoms with E-state index in [0.717, 1.165) is 13.1 Å². The number of carbonyl (C=O) groups excluding carboxylic acids is 2. The van der Waals surface area contributed by atoms with Crippen LogP contribution in [0.1, 0.15) is 24.1 Å². The van der Waals surface area contributed by atoms with E-state index < -0.39 is 17.7 Å². The highest BCUT2D eigenvalue weighted by Crippen LogP contribution is 2.44. The van der Waals surface area contributed by atoms with Crippen molar-refractivity contribution >= 4 is 33.4 Å². The first-order valence-corrected chi connectivity index (χ1v) is 12.5. The van der Waals surface area contributed by atoms with Crippen LogP contribution >= 0.6 is 15.9 Å². The monoisotopic (exact) mass is 560 g/mol. The summed E-state index contributed by atoms with van der Waals surface area (Å²) in [6.07, 6.45) is 0. The topological polar surface area (TPSA) is 109 Å². The van der Waals surface area contributed by atoms with Gasteiger partial charge in [0.2, 0.25) is 0 Å². The number of carbonyl (C=O) groups is 2. The highest BCUT2D eigenvalue weighted by Gasteiger charge is 2.46. The van der Waals surface area contributed by atoms with Crippen LogP contribution in [-0.2, 0) is 14.3 Å². The zero-order valence-electron chi connectivity index (χ0n) is 20.2. The van der Waals surface area contributed by atoms with Crippen molar-refractivity contribution in [1.29, 1.82) is 0 Å². The number of ether oxygens (including phenoxy) is 3. The van der Waals surface area contributed by atoms with Crippen molar-refractivity contribution < 1.29 is 34.0 Å². The molecular formula is C26H29BrN2O7. The molecule has 4 rings (SSSR count). The first-order valence-electron chi connectivity index (χ1n) is 11.7. The molecule has 2 heterocycles. The molecule has 2 fully saturated rings. The molecule has 0 radical (unpaired) electrons. The van der Waals surface area contributed by atoms with Crippen molar-refractivity contribution in [3.05, 3.63) is 57.6 Å². The Bertz CT molecular complexity index is 1180. The number of aliphatic hydroxyl groups excluding tert-OH is 1. The molecule has 2 aromatic rings. The van der Waals surface area contributed by atoms with E-state index in [0.29, 0.717) is 47.7 Å². The summed E-state index contributed by atoms with van der Waals surface area (Å²) in [6, 6.07) is 9.06. The molecule has 192 valence electrons. The number of amides is 1. The number of phenols is 1. The molecule has 1 atom stereocenters. The Morgan fingerprint density at radius 3 is 2.61 bits per heavy atom. The summed E-state index contributed by atoms with van der Waals surface area (Å²) in [4.78, 5) is 30.2. The lowest BCUT2D eigenvalue weighted by atomic mass is 9.95. The second kappa shape index (κ2) is 11.3. The van der Waals surface area contributed by atoms with Gasteiger partial charge in [-0.25, -0.2) is 0 Å². The number of hydrogen-bond acceptors (Lipinski definition) is 8. The summed E-state index contributed by atoms with van der Waals surface area (Å²) < 4.78 is 16.6. The minimum absolute atomic E-state index is 0.0322. The number of ketones is 1. The van der Waals surface area contributed by atoms with Crippen LogP contribution in [0.25, 0.3) is 5.76 Å². The number of halogens is 1. The largest absolute Gasteiger partial charge is 0.507 e. The Morgan fingerprint density at radius 1 is 1.17 bits per heavy atom. The molecule has 9 nitrogen and oxygen atoms in total. The van der Waals surface area contributed by atoms with E-state index in [1.807, 2.05) is 6.92 Å². The van der Waals surface area contributed by atoms with Crippen LogP contribution < -0.4 is 9.47 Å². The lowest BCUT2D eigenvalue weighted by Crippen LogP contribution is -2.42. The number of benzene rings is 2. The number of nitrogens with zero attached hydrogens (tertiary/aromatic N) is 2. The number of aromatic hydroxyl groups is 1. The van der Waals surface area contributed by atoms with Gasteiger partial charge in [0.15, 0.2) is 11.5 Å². The Hall–Kier alpha value is -3.08. The van der Waals surface area contributed by atoms with Crippen LogP contribution in [0, 0.1) is 0 Å². The fourth-order valence-corrected chi connectivity index (χ4v) is 4.95. The number of phenolic OH excluding ortho intramolecular Hbond substituents is 1. The Balaban J connectivity index is 1.80. The van der Waals surface area contributed by atoms with E-state index in [4.69, 9.17) is 14.2 Å². The number of methoxy groups -OCH3 is 1. The van der Waals surface area contributed by atoms with Gasteiger partial charge in [0.25, 0.3) is 11.7 Å². The number of aliphatic hydroxyl groups is 1. The summed E-state index contributed by atoms with van der Waals surface area (Å²) in [5.74, 6) is -1.15. The Labute approximate surface area is 218 Å². The molecule has 2 aliphatic rings. The van der Waals surface area contributed by atoms with Gasteiger partial charge in [0, 0.05) is 31.7 Å². The molecule has 1 unspecified atom stereocenters. The van der Waals surface area contributed by atoms with Gasteiger partial charge in [-0.1, -0.05) is 12.1 Å². The smallest absolute Gasteiger partial charge is 0.295 e. The van der Waals surface area contributed by atoms with Gasteiger partial charge in [-0.05, 0) is 52.7 Å². The molecule has 2 saturated heterocycles. The number of Topliss-reactive ketones (excluding diaryl/α,β-unsaturated/α-hetero) is 1. The fraction of sp³-hybridized carbons (Fsp3) is 0.385. The number of hydrogen-bond donors (Lipinski definition) is 2. The van der Waals surface area contributed by atoms with E-state index in [1.165, 1.54) is 12.0 Å². The molecule has 0 aliphatic carbocycles. The summed E-state index contributed by atoms with van der Waals surface area (Å²) >= 11 is 3.33. The average Bonchev–Trinajstić information content (AvgIpc) is 3.14. The minimum Gasteiger partial charge on any atom is -0.507 e. The molecule has 2 aliphatic heterocycles. The van der Waals surface area contributed by atoms with Gasteiger partial charge >= 0.3 is 0 Å². The molecule has 1 amide bonds. The normalized spacial score (nSPS) is 20.1. The highest BCUT2D eigenvalue weighted by atomic mass is 79.9. The van der Waals surface area contributed by atoms with Crippen LogP contribution in [0.5, 0.6) is 17.2 Å². The van der Waals surface area contributed by atoms with Gasteiger partial charge in [0.05, 0.1) is 43.0 Å². The Morgan fingerprint density at radius 2 is 1.92 bits per heavy atom. The predicted octanol–water partition coefficient (Wildman–Crippen LogP) is 3.32. The fourth-order valence-electron chi connectivity index (χ4n) is 4.49. The quantitative estimate of drug-likeness (QED) is 0.287. The second-order valence-corrected chi connectivity index (χ2v) is 9.32. The molecular weight excluding hydrogens is 532 g/mol. The lowest BCUT2D eigenvalue weighted by molar-refractivity contribution is -0.140. The van der Waals surface area contributed by atoms with Crippen LogP contribution in [-0.4, -0.2) is 84.8 Å². The lowest BCUT2D eigenvalue weighted by Gasteiger charge is -2.31. The summed E-state index contributed by atoms with van der Waals surface area (Å²) in [7, 11) is 1.42. The molecule has 36 heavy (non-hydrogen) atoms. The van der Waals surface area contributed by atoms with Crippen LogP contribution in [0.2, 0.25) is 0 Å². The van der Waals surface area contributed by atoms with E-state index in [1.54, 1.807) is 36.4 Å². The van der Waals surface area contributed by atoms with Crippen molar-refractivity contribution in [1.82, 2.24) is 9.80 Å². The van der Waals surface area contributed by atoms with Gasteiger partial charge < -0.3 is 29.3 Å². The zero-order valence-corrected chi connectivity index (χ0v) is 21.8. The van der Waals surface area contributed by atoms with Crippen molar-refractivity contribution in [2.75, 3.05) is 53.1 Å². The first-order chi connectivity index (χ1) is 17.3. The molecule has 2 N–H and O–H groups in total. The maximum absolute atomic E-state index is 13.3. The average molecular weight is 561 g/mol. The third-order valence-electron chi connectivity index (χ3n) is 6.31. The number of likely N-dealkylation sites (tertiary alicyclic amines) is 1. The Kier molecular flexibility index (Phi) is 8.17. The molecule has 0 aromatic heterocycles. The summed E-state index contributed by atoms with van der Waals surface area (Å²) in [6.45, 7) is 5.80. The minimum atomic E-state index is -0.882. The summed E-state index contributed by atoms with van der Waals surface area (Å²) in [5.41, 5.74) is 0.845. The van der Waals surface area contributed by atoms with Crippen LogP contribution in [0.4, 0.5) is 0 Å². The molecule has 10 heteroatoms. The second-order valence-electron chi connectivity index (χ2n) is 8.46. The molecule has 0 bridgehead atoms. The maximum atomic E-state index is 13.3. The van der Waals surface area contributed by atoms with Crippen molar-refractivity contribution in [2.24, 2.45) is 0 Å². The van der Waals surface area contributed by atoms with Crippen LogP contribution in [0.3, 0.4) is 0 Å². The standard InChI is InChI=1S/C26H29BrN2O7/c1-3-36-18-6-4-5-16(13-18)23(30)21-22(17-14-19(27)24(31)20(15-17)34-2)29(26(33)25(21)32)8-7-28-9-11-35-12-10-28/h4-6,13-15,22,30-31H,3,7-12H2,1-2H3. The zero-order chi connectivity index (χ0) is 25.8. The maximum Gasteiger partial charge on any atom is 0.295 e. The first kappa shape index (κ1) is 26.0. The highest BCUT2D eigenvalue weighted by molar-refractivity contribution is 9.10. The summed E-state index contributed by atoms with van der Waals surface area (Å²) in [5, 5.41) is 21.7. The predicted molar refractivity (Wildman–Crippen MR) is 136 cm³/mol. The van der Waals surface area contributed by atoms with Gasteiger partial charge in [-0.15, -0.1) is 0 Å². The van der Waals surface area contributed by atoms with Gasteiger partial charge in [-0.3, -0.25) is 14.5 Å². The van der Waals surface area contributed by atoms with Crippen LogP contribution in [0.15, 0.2) is 46.4 Å². The van der Waals surface area contributed by atoms with E-state index in [2.05, 4.69) is 20.8 Å². The SMILES string of the molecule is CCOc1cccc(C(O)=C2C(=O)C(=O)N(CCN3CCOCC3)C2c2cc(Br)c(O)c(OC)c2)c1. The number of rotatable bonds is 8. The van der Waals surface area contributed by atoms with E-state index in [9.17, 15) is 19.8 Å². The molecule has 0 saturated carbocycles. The number of morpholine rings is 1.